The van der Waals surface area contributed by atoms with Crippen molar-refractivity contribution in [3.05, 3.63) is 10.3 Å². The number of ether oxygens (including phenoxy) is 1. The standard InChI is InChI=1S/C7H9ClN2OS/c8-7-9-6(12-10-7)4-5-2-1-3-11-5/h5H,1-4H2. The van der Waals surface area contributed by atoms with E-state index >= 15 is 0 Å². The Bertz CT molecular complexity index is 260. The molecule has 0 spiro atoms. The second-order valence-electron chi connectivity index (χ2n) is 2.80. The number of rotatable bonds is 2. The van der Waals surface area contributed by atoms with Gasteiger partial charge in [0, 0.05) is 13.0 Å². The van der Waals surface area contributed by atoms with Crippen LogP contribution in [0.15, 0.2) is 0 Å². The molecule has 1 aliphatic heterocycles. The minimum atomic E-state index is 0.342. The normalized spacial score (nSPS) is 23.2. The summed E-state index contributed by atoms with van der Waals surface area (Å²) in [6.45, 7) is 0.886. The van der Waals surface area contributed by atoms with Crippen molar-refractivity contribution in [3.63, 3.8) is 0 Å². The highest BCUT2D eigenvalue weighted by Crippen LogP contribution is 2.18. The topological polar surface area (TPSA) is 35.0 Å². The second-order valence-corrected chi connectivity index (χ2v) is 3.97. The fourth-order valence-corrected chi connectivity index (χ4v) is 2.18. The highest BCUT2D eigenvalue weighted by Gasteiger charge is 2.17. The summed E-state index contributed by atoms with van der Waals surface area (Å²) < 4.78 is 9.36. The van der Waals surface area contributed by atoms with Crippen LogP contribution in [0.2, 0.25) is 5.28 Å². The third-order valence-electron chi connectivity index (χ3n) is 1.87. The summed E-state index contributed by atoms with van der Waals surface area (Å²) in [6.07, 6.45) is 3.51. The molecule has 0 radical (unpaired) electrons. The van der Waals surface area contributed by atoms with E-state index in [4.69, 9.17) is 16.3 Å². The van der Waals surface area contributed by atoms with Gasteiger partial charge in [-0.25, -0.2) is 4.98 Å². The van der Waals surface area contributed by atoms with E-state index in [2.05, 4.69) is 9.36 Å². The maximum atomic E-state index is 5.59. The number of nitrogens with zero attached hydrogens (tertiary/aromatic N) is 2. The molecule has 0 amide bonds. The maximum Gasteiger partial charge on any atom is 0.234 e. The van der Waals surface area contributed by atoms with Gasteiger partial charge >= 0.3 is 0 Å². The van der Waals surface area contributed by atoms with Gasteiger partial charge in [0.1, 0.15) is 5.01 Å². The summed E-state index contributed by atoms with van der Waals surface area (Å²) in [5.41, 5.74) is 0. The molecule has 2 heterocycles. The molecule has 0 aliphatic carbocycles. The van der Waals surface area contributed by atoms with Crippen molar-refractivity contribution in [2.45, 2.75) is 25.4 Å². The van der Waals surface area contributed by atoms with Crippen LogP contribution in [0.4, 0.5) is 0 Å². The largest absolute Gasteiger partial charge is 0.378 e. The van der Waals surface area contributed by atoms with Gasteiger partial charge in [0.2, 0.25) is 5.28 Å². The quantitative estimate of drug-likeness (QED) is 0.738. The SMILES string of the molecule is Clc1nsc(CC2CCCO2)n1. The lowest BCUT2D eigenvalue weighted by Crippen LogP contribution is -2.08. The molecular formula is C7H9ClN2OS. The Morgan fingerprint density at radius 3 is 3.17 bits per heavy atom. The molecule has 0 N–H and O–H groups in total. The fraction of sp³-hybridized carbons (Fsp3) is 0.714. The average molecular weight is 205 g/mol. The van der Waals surface area contributed by atoms with Crippen LogP contribution >= 0.6 is 23.1 Å². The van der Waals surface area contributed by atoms with E-state index in [1.54, 1.807) is 0 Å². The minimum Gasteiger partial charge on any atom is -0.378 e. The lowest BCUT2D eigenvalue weighted by Gasteiger charge is -2.04. The van der Waals surface area contributed by atoms with Crippen LogP contribution in [0.3, 0.4) is 0 Å². The molecule has 1 aliphatic rings. The number of aromatic nitrogens is 2. The lowest BCUT2D eigenvalue weighted by atomic mass is 10.2. The molecule has 1 unspecified atom stereocenters. The Balaban J connectivity index is 1.94. The summed E-state index contributed by atoms with van der Waals surface area (Å²) in [4.78, 5) is 4.07. The lowest BCUT2D eigenvalue weighted by molar-refractivity contribution is 0.111. The van der Waals surface area contributed by atoms with Crippen LogP contribution in [0.1, 0.15) is 17.8 Å². The van der Waals surface area contributed by atoms with Gasteiger partial charge in [-0.15, -0.1) is 0 Å². The highest BCUT2D eigenvalue weighted by molar-refractivity contribution is 7.05. The van der Waals surface area contributed by atoms with Gasteiger partial charge < -0.3 is 4.74 Å². The zero-order valence-corrected chi connectivity index (χ0v) is 8.07. The molecule has 12 heavy (non-hydrogen) atoms. The fourth-order valence-electron chi connectivity index (χ4n) is 1.32. The van der Waals surface area contributed by atoms with Crippen molar-refractivity contribution in [2.24, 2.45) is 0 Å². The van der Waals surface area contributed by atoms with Gasteiger partial charge in [-0.1, -0.05) is 0 Å². The first kappa shape index (κ1) is 8.41. The molecule has 5 heteroatoms. The Hall–Kier alpha value is -0.190. The van der Waals surface area contributed by atoms with E-state index in [1.807, 2.05) is 0 Å². The van der Waals surface area contributed by atoms with Gasteiger partial charge in [0.15, 0.2) is 0 Å². The Morgan fingerprint density at radius 1 is 1.67 bits per heavy atom. The number of hydrogen-bond acceptors (Lipinski definition) is 4. The molecule has 0 saturated carbocycles. The monoisotopic (exact) mass is 204 g/mol. The van der Waals surface area contributed by atoms with Crippen LogP contribution in [0, 0.1) is 0 Å². The van der Waals surface area contributed by atoms with Gasteiger partial charge in [0.25, 0.3) is 0 Å². The molecule has 1 fully saturated rings. The molecule has 1 saturated heterocycles. The highest BCUT2D eigenvalue weighted by atomic mass is 35.5. The first-order valence-electron chi connectivity index (χ1n) is 3.94. The first-order valence-corrected chi connectivity index (χ1v) is 5.09. The van der Waals surface area contributed by atoms with Gasteiger partial charge in [-0.3, -0.25) is 0 Å². The maximum absolute atomic E-state index is 5.59. The van der Waals surface area contributed by atoms with E-state index in [0.29, 0.717) is 11.4 Å². The first-order chi connectivity index (χ1) is 5.84. The molecule has 1 atom stereocenters. The predicted octanol–water partition coefficient (Wildman–Crippen LogP) is 1.91. The minimum absolute atomic E-state index is 0.342. The Kier molecular flexibility index (Phi) is 2.58. The Morgan fingerprint density at radius 2 is 2.58 bits per heavy atom. The van der Waals surface area contributed by atoms with E-state index in [1.165, 1.54) is 11.5 Å². The van der Waals surface area contributed by atoms with Crippen molar-refractivity contribution in [2.75, 3.05) is 6.61 Å². The molecule has 66 valence electrons. The van der Waals surface area contributed by atoms with Crippen LogP contribution < -0.4 is 0 Å². The van der Waals surface area contributed by atoms with Gasteiger partial charge in [0.05, 0.1) is 6.10 Å². The van der Waals surface area contributed by atoms with Crippen molar-refractivity contribution in [1.29, 1.82) is 0 Å². The average Bonchev–Trinajstić information content (AvgIpc) is 2.63. The third kappa shape index (κ3) is 1.94. The van der Waals surface area contributed by atoms with Crippen LogP contribution in [0.5, 0.6) is 0 Å². The van der Waals surface area contributed by atoms with E-state index < -0.39 is 0 Å². The molecule has 1 aromatic rings. The molecule has 1 aromatic heterocycles. The van der Waals surface area contributed by atoms with E-state index in [-0.39, 0.29) is 0 Å². The van der Waals surface area contributed by atoms with Crippen molar-refractivity contribution >= 4 is 23.1 Å². The predicted molar refractivity (Wildman–Crippen MR) is 47.6 cm³/mol. The summed E-state index contributed by atoms with van der Waals surface area (Å²) in [5.74, 6) is 0. The summed E-state index contributed by atoms with van der Waals surface area (Å²) in [6, 6.07) is 0. The van der Waals surface area contributed by atoms with Crippen molar-refractivity contribution in [1.82, 2.24) is 9.36 Å². The van der Waals surface area contributed by atoms with Crippen LogP contribution in [0.25, 0.3) is 0 Å². The zero-order valence-electron chi connectivity index (χ0n) is 6.49. The summed E-state index contributed by atoms with van der Waals surface area (Å²) >= 11 is 6.96. The van der Waals surface area contributed by atoms with Crippen molar-refractivity contribution < 1.29 is 4.74 Å². The molecule has 0 aromatic carbocycles. The second kappa shape index (κ2) is 3.68. The van der Waals surface area contributed by atoms with E-state index in [0.717, 1.165) is 30.9 Å². The number of halogens is 1. The van der Waals surface area contributed by atoms with Crippen LogP contribution in [-0.2, 0) is 11.2 Å². The molecule has 3 nitrogen and oxygen atoms in total. The molecule has 2 rings (SSSR count). The van der Waals surface area contributed by atoms with Gasteiger partial charge in [-0.2, -0.15) is 4.37 Å². The number of hydrogen-bond donors (Lipinski definition) is 0. The molecule has 0 bridgehead atoms. The van der Waals surface area contributed by atoms with Crippen LogP contribution in [-0.4, -0.2) is 22.1 Å². The Labute approximate surface area is 79.9 Å². The van der Waals surface area contributed by atoms with Gasteiger partial charge in [-0.05, 0) is 36.0 Å². The summed E-state index contributed by atoms with van der Waals surface area (Å²) in [5, 5.41) is 1.33. The molecular weight excluding hydrogens is 196 g/mol. The zero-order chi connectivity index (χ0) is 8.39. The third-order valence-corrected chi connectivity index (χ3v) is 2.87. The smallest absolute Gasteiger partial charge is 0.234 e. The summed E-state index contributed by atoms with van der Waals surface area (Å²) in [7, 11) is 0. The van der Waals surface area contributed by atoms with Crippen molar-refractivity contribution in [3.8, 4) is 0 Å². The van der Waals surface area contributed by atoms with E-state index in [9.17, 15) is 0 Å².